The van der Waals surface area contributed by atoms with Gasteiger partial charge in [-0.25, -0.2) is 14.8 Å². The van der Waals surface area contributed by atoms with Gasteiger partial charge in [-0.2, -0.15) is 0 Å². The molecule has 1 amide bonds. The number of aromatic nitrogens is 2. The minimum absolute atomic E-state index is 0.294. The van der Waals surface area contributed by atoms with Crippen molar-refractivity contribution >= 4 is 23.5 Å². The number of carbonyl (C=O) groups is 1. The minimum atomic E-state index is -0.593. The molecule has 0 saturated heterocycles. The van der Waals surface area contributed by atoms with Gasteiger partial charge in [-0.15, -0.1) is 0 Å². The first-order valence-corrected chi connectivity index (χ1v) is 8.94. The molecule has 1 aromatic carbocycles. The van der Waals surface area contributed by atoms with Crippen LogP contribution in [0.5, 0.6) is 5.88 Å². The van der Waals surface area contributed by atoms with Crippen molar-refractivity contribution in [3.63, 3.8) is 0 Å². The molecule has 2 aromatic rings. The van der Waals surface area contributed by atoms with Crippen LogP contribution in [0.2, 0.25) is 5.02 Å². The molecule has 0 aliphatic heterocycles. The topological polar surface area (TPSA) is 73.3 Å². The standard InChI is InChI=1S/C19H22ClN3O3/c1-19(2,3)26-18(24)23-15-10-21-17(25-11-12-4-5-12)16(22-15)13-6-8-14(20)9-7-13/h6-10,12H,4-5,11H2,1-3H3,(H,22,23,24). The number of benzene rings is 1. The summed E-state index contributed by atoms with van der Waals surface area (Å²) in [6.07, 6.45) is 3.25. The van der Waals surface area contributed by atoms with E-state index in [1.165, 1.54) is 19.0 Å². The van der Waals surface area contributed by atoms with Gasteiger partial charge in [0, 0.05) is 10.6 Å². The summed E-state index contributed by atoms with van der Waals surface area (Å²) in [7, 11) is 0. The molecule has 1 saturated carbocycles. The van der Waals surface area contributed by atoms with Crippen molar-refractivity contribution in [1.29, 1.82) is 0 Å². The maximum absolute atomic E-state index is 12.0. The molecule has 1 aliphatic rings. The SMILES string of the molecule is CC(C)(C)OC(=O)Nc1cnc(OCC2CC2)c(-c2ccc(Cl)cc2)n1. The number of hydrogen-bond donors (Lipinski definition) is 1. The third kappa shape index (κ3) is 5.33. The Hall–Kier alpha value is -2.34. The normalized spacial score (nSPS) is 14.0. The molecular formula is C19H22ClN3O3. The molecular weight excluding hydrogens is 354 g/mol. The summed E-state index contributed by atoms with van der Waals surface area (Å²) in [6.45, 7) is 6.01. The van der Waals surface area contributed by atoms with Crippen LogP contribution in [0, 0.1) is 5.92 Å². The van der Waals surface area contributed by atoms with Crippen LogP contribution in [0.15, 0.2) is 30.5 Å². The Bertz CT molecular complexity index is 784. The molecule has 1 N–H and O–H groups in total. The van der Waals surface area contributed by atoms with Crippen LogP contribution in [0.1, 0.15) is 33.6 Å². The fourth-order valence-electron chi connectivity index (χ4n) is 2.23. The summed E-state index contributed by atoms with van der Waals surface area (Å²) in [5.74, 6) is 1.33. The van der Waals surface area contributed by atoms with Crippen molar-refractivity contribution in [2.75, 3.05) is 11.9 Å². The number of carbonyl (C=O) groups excluding carboxylic acids is 1. The third-order valence-corrected chi connectivity index (χ3v) is 3.89. The van der Waals surface area contributed by atoms with E-state index in [-0.39, 0.29) is 0 Å². The number of nitrogens with one attached hydrogen (secondary N) is 1. The Kier molecular flexibility index (Phi) is 5.32. The van der Waals surface area contributed by atoms with Crippen LogP contribution < -0.4 is 10.1 Å². The van der Waals surface area contributed by atoms with Gasteiger partial charge >= 0.3 is 6.09 Å². The molecule has 0 spiro atoms. The Morgan fingerprint density at radius 3 is 2.58 bits per heavy atom. The first kappa shape index (κ1) is 18.5. The summed E-state index contributed by atoms with van der Waals surface area (Å²) >= 11 is 5.97. The molecule has 0 bridgehead atoms. The predicted octanol–water partition coefficient (Wildman–Crippen LogP) is 4.93. The van der Waals surface area contributed by atoms with Crippen molar-refractivity contribution < 1.29 is 14.3 Å². The molecule has 0 atom stereocenters. The van der Waals surface area contributed by atoms with Gasteiger partial charge in [0.15, 0.2) is 5.82 Å². The van der Waals surface area contributed by atoms with E-state index < -0.39 is 11.7 Å². The summed E-state index contributed by atoms with van der Waals surface area (Å²) in [6, 6.07) is 7.23. The van der Waals surface area contributed by atoms with Crippen molar-refractivity contribution in [2.24, 2.45) is 5.92 Å². The highest BCUT2D eigenvalue weighted by molar-refractivity contribution is 6.30. The maximum Gasteiger partial charge on any atom is 0.413 e. The van der Waals surface area contributed by atoms with E-state index in [9.17, 15) is 4.79 Å². The highest BCUT2D eigenvalue weighted by Crippen LogP contribution is 2.32. The second-order valence-corrected chi connectivity index (χ2v) is 7.73. The number of ether oxygens (including phenoxy) is 2. The van der Waals surface area contributed by atoms with Crippen LogP contribution in [0.25, 0.3) is 11.3 Å². The van der Waals surface area contributed by atoms with Gasteiger partial charge in [-0.1, -0.05) is 23.7 Å². The third-order valence-electron chi connectivity index (χ3n) is 3.64. The van der Waals surface area contributed by atoms with Gasteiger partial charge in [0.1, 0.15) is 11.3 Å². The molecule has 7 heteroatoms. The second kappa shape index (κ2) is 7.50. The van der Waals surface area contributed by atoms with Gasteiger partial charge in [0.2, 0.25) is 5.88 Å². The molecule has 0 radical (unpaired) electrons. The van der Waals surface area contributed by atoms with Crippen LogP contribution >= 0.6 is 11.6 Å². The van der Waals surface area contributed by atoms with Crippen LogP contribution in [0.4, 0.5) is 10.6 Å². The van der Waals surface area contributed by atoms with E-state index in [1.54, 1.807) is 32.9 Å². The second-order valence-electron chi connectivity index (χ2n) is 7.30. The summed E-state index contributed by atoms with van der Waals surface area (Å²) in [5, 5.41) is 3.24. The molecule has 1 heterocycles. The first-order valence-electron chi connectivity index (χ1n) is 8.56. The van der Waals surface area contributed by atoms with E-state index in [2.05, 4.69) is 15.3 Å². The van der Waals surface area contributed by atoms with E-state index in [0.29, 0.717) is 34.9 Å². The zero-order valence-corrected chi connectivity index (χ0v) is 15.8. The molecule has 0 unspecified atom stereocenters. The lowest BCUT2D eigenvalue weighted by atomic mass is 10.1. The monoisotopic (exact) mass is 375 g/mol. The number of rotatable bonds is 5. The molecule has 1 fully saturated rings. The Morgan fingerprint density at radius 1 is 1.27 bits per heavy atom. The van der Waals surface area contributed by atoms with Gasteiger partial charge in [-0.05, 0) is 51.7 Å². The van der Waals surface area contributed by atoms with Gasteiger partial charge < -0.3 is 9.47 Å². The zero-order valence-electron chi connectivity index (χ0n) is 15.1. The largest absolute Gasteiger partial charge is 0.476 e. The van der Waals surface area contributed by atoms with Crippen LogP contribution in [-0.4, -0.2) is 28.3 Å². The van der Waals surface area contributed by atoms with E-state index >= 15 is 0 Å². The fourth-order valence-corrected chi connectivity index (χ4v) is 2.36. The number of halogens is 1. The highest BCUT2D eigenvalue weighted by Gasteiger charge is 2.24. The number of amides is 1. The lowest BCUT2D eigenvalue weighted by Gasteiger charge is -2.19. The summed E-state index contributed by atoms with van der Waals surface area (Å²) in [4.78, 5) is 20.8. The number of nitrogens with zero attached hydrogens (tertiary/aromatic N) is 2. The van der Waals surface area contributed by atoms with Crippen LogP contribution in [0.3, 0.4) is 0 Å². The van der Waals surface area contributed by atoms with Crippen LogP contribution in [-0.2, 0) is 4.74 Å². The highest BCUT2D eigenvalue weighted by atomic mass is 35.5. The van der Waals surface area contributed by atoms with E-state index in [1.807, 2.05) is 12.1 Å². The van der Waals surface area contributed by atoms with Crippen molar-refractivity contribution in [2.45, 2.75) is 39.2 Å². The lowest BCUT2D eigenvalue weighted by molar-refractivity contribution is 0.0635. The summed E-state index contributed by atoms with van der Waals surface area (Å²) in [5.41, 5.74) is 0.764. The fraction of sp³-hybridized carbons (Fsp3) is 0.421. The van der Waals surface area contributed by atoms with E-state index in [4.69, 9.17) is 21.1 Å². The zero-order chi connectivity index (χ0) is 18.7. The molecule has 6 nitrogen and oxygen atoms in total. The Morgan fingerprint density at radius 2 is 1.96 bits per heavy atom. The molecule has 3 rings (SSSR count). The van der Waals surface area contributed by atoms with Crippen molar-refractivity contribution in [1.82, 2.24) is 9.97 Å². The molecule has 1 aliphatic carbocycles. The Balaban J connectivity index is 1.84. The van der Waals surface area contributed by atoms with Crippen molar-refractivity contribution in [3.05, 3.63) is 35.5 Å². The lowest BCUT2D eigenvalue weighted by Crippen LogP contribution is -2.27. The van der Waals surface area contributed by atoms with E-state index in [0.717, 1.165) is 5.56 Å². The average Bonchev–Trinajstić information content (AvgIpc) is 3.37. The molecule has 138 valence electrons. The quantitative estimate of drug-likeness (QED) is 0.801. The smallest absolute Gasteiger partial charge is 0.413 e. The molecule has 26 heavy (non-hydrogen) atoms. The predicted molar refractivity (Wildman–Crippen MR) is 101 cm³/mol. The Labute approximate surface area is 157 Å². The average molecular weight is 376 g/mol. The maximum atomic E-state index is 12.0. The summed E-state index contributed by atoms with van der Waals surface area (Å²) < 4.78 is 11.1. The molecule has 1 aromatic heterocycles. The first-order chi connectivity index (χ1) is 12.3. The minimum Gasteiger partial charge on any atom is -0.476 e. The van der Waals surface area contributed by atoms with Gasteiger partial charge in [0.25, 0.3) is 0 Å². The van der Waals surface area contributed by atoms with Gasteiger partial charge in [-0.3, -0.25) is 5.32 Å². The van der Waals surface area contributed by atoms with Gasteiger partial charge in [0.05, 0.1) is 12.8 Å². The number of anilines is 1. The van der Waals surface area contributed by atoms with Crippen molar-refractivity contribution in [3.8, 4) is 17.1 Å². The number of hydrogen-bond acceptors (Lipinski definition) is 5.